The fraction of sp³-hybridized carbons (Fsp3) is 0.500. The molecule has 3 heteroatoms. The maximum absolute atomic E-state index is 11.0. The molecule has 1 aromatic rings. The minimum atomic E-state index is -0.313. The highest BCUT2D eigenvalue weighted by Gasteiger charge is 2.07. The lowest BCUT2D eigenvalue weighted by Crippen LogP contribution is -2.03. The van der Waals surface area contributed by atoms with Crippen LogP contribution in [0.4, 0.5) is 0 Å². The molecule has 0 fully saturated rings. The summed E-state index contributed by atoms with van der Waals surface area (Å²) in [4.78, 5) is 11.0. The molecule has 1 aromatic carbocycles. The summed E-state index contributed by atoms with van der Waals surface area (Å²) in [5.41, 5.74) is 1.11. The Morgan fingerprint density at radius 2 is 1.88 bits per heavy atom. The van der Waals surface area contributed by atoms with Crippen molar-refractivity contribution in [3.8, 4) is 11.5 Å². The van der Waals surface area contributed by atoms with E-state index in [1.807, 2.05) is 12.1 Å². The summed E-state index contributed by atoms with van der Waals surface area (Å²) in [7, 11) is 0. The second-order valence-electron chi connectivity index (χ2n) is 4.33. The summed E-state index contributed by atoms with van der Waals surface area (Å²) in [5.74, 6) is 1.37. The Morgan fingerprint density at radius 1 is 1.24 bits per heavy atom. The van der Waals surface area contributed by atoms with Crippen molar-refractivity contribution in [1.29, 1.82) is 0 Å². The predicted molar refractivity (Wildman–Crippen MR) is 67.6 cm³/mol. The predicted octanol–water partition coefficient (Wildman–Crippen LogP) is 3.52. The van der Waals surface area contributed by atoms with Crippen LogP contribution >= 0.6 is 0 Å². The first-order valence-electron chi connectivity index (χ1n) is 5.99. The molecule has 0 saturated carbocycles. The van der Waals surface area contributed by atoms with Gasteiger partial charge in [-0.25, -0.2) is 0 Å². The maximum atomic E-state index is 11.0. The summed E-state index contributed by atoms with van der Waals surface area (Å²) in [6.45, 7) is 8.31. The minimum absolute atomic E-state index is 0.313. The highest BCUT2D eigenvalue weighted by atomic mass is 16.5. The van der Waals surface area contributed by atoms with Gasteiger partial charge in [0.15, 0.2) is 0 Å². The molecule has 3 nitrogen and oxygen atoms in total. The lowest BCUT2D eigenvalue weighted by molar-refractivity contribution is -0.131. The largest absolute Gasteiger partial charge is 0.493 e. The number of hydrogen-bond donors (Lipinski definition) is 0. The number of rotatable bonds is 5. The summed E-state index contributed by atoms with van der Waals surface area (Å²) in [6.07, 6.45) is 0.953. The fourth-order valence-corrected chi connectivity index (χ4v) is 1.46. The molecular weight excluding hydrogens is 216 g/mol. The molecule has 0 N–H and O–H groups in total. The van der Waals surface area contributed by atoms with Crippen LogP contribution in [0, 0.1) is 0 Å². The van der Waals surface area contributed by atoms with Crippen molar-refractivity contribution >= 4 is 5.97 Å². The third kappa shape index (κ3) is 4.47. The van der Waals surface area contributed by atoms with Crippen molar-refractivity contribution in [2.24, 2.45) is 0 Å². The summed E-state index contributed by atoms with van der Waals surface area (Å²) < 4.78 is 10.7. The van der Waals surface area contributed by atoms with Crippen LogP contribution in [0.5, 0.6) is 11.5 Å². The molecular formula is C14H20O3. The van der Waals surface area contributed by atoms with E-state index in [1.165, 1.54) is 6.92 Å². The average molecular weight is 236 g/mol. The van der Waals surface area contributed by atoms with Crippen LogP contribution in [0.1, 0.15) is 45.6 Å². The van der Waals surface area contributed by atoms with Crippen LogP contribution in [0.25, 0.3) is 0 Å². The molecule has 94 valence electrons. The van der Waals surface area contributed by atoms with Crippen LogP contribution in [-0.4, -0.2) is 12.6 Å². The van der Waals surface area contributed by atoms with E-state index in [9.17, 15) is 4.79 Å². The Hall–Kier alpha value is -1.51. The Bertz CT molecular complexity index is 383. The molecule has 0 radical (unpaired) electrons. The first kappa shape index (κ1) is 13.6. The van der Waals surface area contributed by atoms with Crippen LogP contribution < -0.4 is 9.47 Å². The zero-order chi connectivity index (χ0) is 12.8. The van der Waals surface area contributed by atoms with E-state index in [2.05, 4.69) is 20.8 Å². The van der Waals surface area contributed by atoms with Gasteiger partial charge in [-0.05, 0) is 30.0 Å². The molecule has 0 aromatic heterocycles. The second kappa shape index (κ2) is 6.28. The van der Waals surface area contributed by atoms with Crippen molar-refractivity contribution < 1.29 is 14.3 Å². The van der Waals surface area contributed by atoms with Crippen LogP contribution in [0.2, 0.25) is 0 Å². The topological polar surface area (TPSA) is 35.5 Å². The van der Waals surface area contributed by atoms with Crippen molar-refractivity contribution in [1.82, 2.24) is 0 Å². The van der Waals surface area contributed by atoms with Gasteiger partial charge in [-0.3, -0.25) is 4.79 Å². The van der Waals surface area contributed by atoms with Crippen LogP contribution in [-0.2, 0) is 4.79 Å². The maximum Gasteiger partial charge on any atom is 0.308 e. The number of esters is 1. The lowest BCUT2D eigenvalue weighted by Gasteiger charge is -2.12. The normalized spacial score (nSPS) is 10.4. The number of benzene rings is 1. The van der Waals surface area contributed by atoms with Crippen LogP contribution in [0.15, 0.2) is 18.2 Å². The van der Waals surface area contributed by atoms with E-state index in [0.29, 0.717) is 18.3 Å². The zero-order valence-electron chi connectivity index (χ0n) is 10.9. The van der Waals surface area contributed by atoms with Gasteiger partial charge in [-0.15, -0.1) is 0 Å². The quantitative estimate of drug-likeness (QED) is 0.579. The van der Waals surface area contributed by atoms with Gasteiger partial charge in [0.1, 0.15) is 11.5 Å². The molecule has 1 rings (SSSR count). The molecule has 0 aliphatic rings. The highest BCUT2D eigenvalue weighted by molar-refractivity contribution is 5.69. The van der Waals surface area contributed by atoms with Gasteiger partial charge in [0.25, 0.3) is 0 Å². The molecule has 17 heavy (non-hydrogen) atoms. The summed E-state index contributed by atoms with van der Waals surface area (Å²) in [6, 6.07) is 5.63. The zero-order valence-corrected chi connectivity index (χ0v) is 10.9. The van der Waals surface area contributed by atoms with E-state index in [-0.39, 0.29) is 5.97 Å². The molecule has 0 amide bonds. The van der Waals surface area contributed by atoms with Gasteiger partial charge >= 0.3 is 5.97 Å². The first-order chi connectivity index (χ1) is 8.02. The number of hydrogen-bond acceptors (Lipinski definition) is 3. The van der Waals surface area contributed by atoms with E-state index in [4.69, 9.17) is 9.47 Å². The molecule has 0 heterocycles. The number of carbonyl (C=O) groups excluding carboxylic acids is 1. The molecule has 0 aliphatic heterocycles. The first-order valence-corrected chi connectivity index (χ1v) is 5.99. The van der Waals surface area contributed by atoms with Gasteiger partial charge in [-0.1, -0.05) is 20.8 Å². The van der Waals surface area contributed by atoms with Gasteiger partial charge in [0.05, 0.1) is 6.61 Å². The monoisotopic (exact) mass is 236 g/mol. The fourth-order valence-electron chi connectivity index (χ4n) is 1.46. The third-order valence-electron chi connectivity index (χ3n) is 2.30. The third-order valence-corrected chi connectivity index (χ3v) is 2.30. The van der Waals surface area contributed by atoms with Crippen LogP contribution in [0.3, 0.4) is 0 Å². The smallest absolute Gasteiger partial charge is 0.308 e. The van der Waals surface area contributed by atoms with E-state index in [1.54, 1.807) is 6.07 Å². The molecule has 0 aliphatic carbocycles. The van der Waals surface area contributed by atoms with E-state index >= 15 is 0 Å². The Labute approximate surface area is 103 Å². The Balaban J connectivity index is 2.96. The number of ether oxygens (including phenoxy) is 2. The van der Waals surface area contributed by atoms with E-state index < -0.39 is 0 Å². The van der Waals surface area contributed by atoms with Gasteiger partial charge in [-0.2, -0.15) is 0 Å². The highest BCUT2D eigenvalue weighted by Crippen LogP contribution is 2.27. The Kier molecular flexibility index (Phi) is 5.01. The Morgan fingerprint density at radius 3 is 2.41 bits per heavy atom. The van der Waals surface area contributed by atoms with Crippen molar-refractivity contribution in [2.75, 3.05) is 6.61 Å². The SMILES string of the molecule is CCCOc1cc(OC(C)=O)cc(C(C)C)c1. The lowest BCUT2D eigenvalue weighted by atomic mass is 10.0. The summed E-state index contributed by atoms with van der Waals surface area (Å²) in [5, 5.41) is 0. The van der Waals surface area contributed by atoms with Crippen molar-refractivity contribution in [2.45, 2.75) is 40.0 Å². The van der Waals surface area contributed by atoms with Crippen molar-refractivity contribution in [3.63, 3.8) is 0 Å². The molecule has 0 atom stereocenters. The molecule has 0 saturated heterocycles. The second-order valence-corrected chi connectivity index (χ2v) is 4.33. The number of carbonyl (C=O) groups is 1. The van der Waals surface area contributed by atoms with Gasteiger partial charge in [0, 0.05) is 13.0 Å². The molecule has 0 unspecified atom stereocenters. The average Bonchev–Trinajstić information content (AvgIpc) is 2.25. The van der Waals surface area contributed by atoms with Crippen molar-refractivity contribution in [3.05, 3.63) is 23.8 Å². The standard InChI is InChI=1S/C14H20O3/c1-5-6-16-13-7-12(10(2)3)8-14(9-13)17-11(4)15/h7-10H,5-6H2,1-4H3. The van der Waals surface area contributed by atoms with E-state index in [0.717, 1.165) is 17.7 Å². The van der Waals surface area contributed by atoms with Gasteiger partial charge in [0.2, 0.25) is 0 Å². The van der Waals surface area contributed by atoms with Gasteiger partial charge < -0.3 is 9.47 Å². The minimum Gasteiger partial charge on any atom is -0.493 e. The molecule has 0 bridgehead atoms. The molecule has 0 spiro atoms. The summed E-state index contributed by atoms with van der Waals surface area (Å²) >= 11 is 0.